The molecule has 0 bridgehead atoms. The first-order valence-corrected chi connectivity index (χ1v) is 4.87. The number of aliphatic hydroxyl groups excluding tert-OH is 1. The number of nitrogens with two attached hydrogens (primary N) is 1. The van der Waals surface area contributed by atoms with Crippen molar-refractivity contribution in [3.8, 4) is 0 Å². The monoisotopic (exact) mass is 232 g/mol. The normalized spacial score (nSPS) is 11.6. The van der Waals surface area contributed by atoms with Crippen molar-refractivity contribution in [2.45, 2.75) is 25.9 Å². The van der Waals surface area contributed by atoms with E-state index in [4.69, 9.17) is 10.8 Å². The Balaban J connectivity index is 3.67. The van der Waals surface area contributed by atoms with Crippen molar-refractivity contribution in [1.82, 2.24) is 5.32 Å². The van der Waals surface area contributed by atoms with Gasteiger partial charge in [0.05, 0.1) is 19.6 Å². The number of primary amides is 1. The third-order valence-electron chi connectivity index (χ3n) is 1.68. The van der Waals surface area contributed by atoms with E-state index < -0.39 is 23.9 Å². The molecule has 16 heavy (non-hydrogen) atoms. The molecule has 0 heterocycles. The second-order valence-electron chi connectivity index (χ2n) is 3.03. The van der Waals surface area contributed by atoms with Gasteiger partial charge in [0.1, 0.15) is 6.10 Å². The zero-order valence-corrected chi connectivity index (χ0v) is 9.06. The Morgan fingerprint density at radius 1 is 1.38 bits per heavy atom. The number of carbonyl (C=O) groups is 3. The SMILES string of the molecule is CCOC(=O)CCC(=O)NCC(O)C(N)=O. The lowest BCUT2D eigenvalue weighted by Gasteiger charge is -2.08. The summed E-state index contributed by atoms with van der Waals surface area (Å²) in [6.45, 7) is 1.68. The number of esters is 1. The fourth-order valence-electron chi connectivity index (χ4n) is 0.848. The highest BCUT2D eigenvalue weighted by atomic mass is 16.5. The van der Waals surface area contributed by atoms with E-state index in [1.807, 2.05) is 0 Å². The van der Waals surface area contributed by atoms with Crippen LogP contribution in [0.1, 0.15) is 19.8 Å². The van der Waals surface area contributed by atoms with Crippen LogP contribution in [0.2, 0.25) is 0 Å². The molecule has 1 atom stereocenters. The molecule has 4 N–H and O–H groups in total. The predicted molar refractivity (Wildman–Crippen MR) is 54.1 cm³/mol. The van der Waals surface area contributed by atoms with Gasteiger partial charge < -0.3 is 20.9 Å². The standard InChI is InChI=1S/C9H16N2O5/c1-2-16-8(14)4-3-7(13)11-5-6(12)9(10)15/h6,12H,2-5H2,1H3,(H2,10,15)(H,11,13). The number of carbonyl (C=O) groups excluding carboxylic acids is 3. The highest BCUT2D eigenvalue weighted by Gasteiger charge is 2.13. The van der Waals surface area contributed by atoms with Gasteiger partial charge in [-0.15, -0.1) is 0 Å². The molecule has 0 saturated carbocycles. The van der Waals surface area contributed by atoms with Crippen LogP contribution in [0.4, 0.5) is 0 Å². The lowest BCUT2D eigenvalue weighted by molar-refractivity contribution is -0.144. The van der Waals surface area contributed by atoms with E-state index >= 15 is 0 Å². The van der Waals surface area contributed by atoms with Gasteiger partial charge in [0.2, 0.25) is 11.8 Å². The molecule has 0 aromatic carbocycles. The van der Waals surface area contributed by atoms with Crippen LogP contribution in [-0.4, -0.2) is 42.1 Å². The van der Waals surface area contributed by atoms with Gasteiger partial charge in [-0.3, -0.25) is 14.4 Å². The Morgan fingerprint density at radius 3 is 2.50 bits per heavy atom. The van der Waals surface area contributed by atoms with Crippen LogP contribution in [0.3, 0.4) is 0 Å². The molecule has 0 aromatic rings. The van der Waals surface area contributed by atoms with Gasteiger partial charge in [-0.2, -0.15) is 0 Å². The van der Waals surface area contributed by atoms with E-state index in [0.29, 0.717) is 0 Å². The number of rotatable bonds is 7. The van der Waals surface area contributed by atoms with Crippen LogP contribution >= 0.6 is 0 Å². The number of hydrogen-bond acceptors (Lipinski definition) is 5. The zero-order valence-electron chi connectivity index (χ0n) is 9.06. The molecule has 0 saturated heterocycles. The molecule has 2 amide bonds. The molecule has 1 unspecified atom stereocenters. The smallest absolute Gasteiger partial charge is 0.306 e. The third kappa shape index (κ3) is 6.77. The largest absolute Gasteiger partial charge is 0.466 e. The number of aliphatic hydroxyl groups is 1. The molecule has 0 aliphatic rings. The Labute approximate surface area is 92.9 Å². The van der Waals surface area contributed by atoms with E-state index in [9.17, 15) is 14.4 Å². The fraction of sp³-hybridized carbons (Fsp3) is 0.667. The number of ether oxygens (including phenoxy) is 1. The molecule has 7 nitrogen and oxygen atoms in total. The van der Waals surface area contributed by atoms with E-state index in [0.717, 1.165) is 0 Å². The van der Waals surface area contributed by atoms with Gasteiger partial charge in [0.15, 0.2) is 0 Å². The molecule has 7 heteroatoms. The summed E-state index contributed by atoms with van der Waals surface area (Å²) in [4.78, 5) is 32.4. The number of hydrogen-bond donors (Lipinski definition) is 3. The summed E-state index contributed by atoms with van der Waals surface area (Å²) in [5.41, 5.74) is 4.77. The van der Waals surface area contributed by atoms with Crippen LogP contribution < -0.4 is 11.1 Å². The van der Waals surface area contributed by atoms with Crippen molar-refractivity contribution < 1.29 is 24.2 Å². The molecular weight excluding hydrogens is 216 g/mol. The third-order valence-corrected chi connectivity index (χ3v) is 1.68. The highest BCUT2D eigenvalue weighted by molar-refractivity contribution is 5.83. The number of nitrogens with one attached hydrogen (secondary N) is 1. The van der Waals surface area contributed by atoms with Crippen molar-refractivity contribution in [1.29, 1.82) is 0 Å². The van der Waals surface area contributed by atoms with Crippen LogP contribution in [-0.2, 0) is 19.1 Å². The van der Waals surface area contributed by atoms with Gasteiger partial charge in [0, 0.05) is 6.42 Å². The average Bonchev–Trinajstić information content (AvgIpc) is 2.23. The zero-order chi connectivity index (χ0) is 12.6. The van der Waals surface area contributed by atoms with Crippen molar-refractivity contribution >= 4 is 17.8 Å². The van der Waals surface area contributed by atoms with Crippen LogP contribution in [0.15, 0.2) is 0 Å². The highest BCUT2D eigenvalue weighted by Crippen LogP contribution is 1.93. The van der Waals surface area contributed by atoms with Crippen molar-refractivity contribution in [2.24, 2.45) is 5.73 Å². The second-order valence-corrected chi connectivity index (χ2v) is 3.03. The first-order valence-electron chi connectivity index (χ1n) is 4.87. The Bertz CT molecular complexity index is 267. The summed E-state index contributed by atoms with van der Waals surface area (Å²) < 4.78 is 4.61. The maximum absolute atomic E-state index is 11.1. The van der Waals surface area contributed by atoms with Crippen LogP contribution in [0.5, 0.6) is 0 Å². The van der Waals surface area contributed by atoms with Gasteiger partial charge in [-0.05, 0) is 6.92 Å². The van der Waals surface area contributed by atoms with E-state index in [-0.39, 0.29) is 26.0 Å². The van der Waals surface area contributed by atoms with Crippen molar-refractivity contribution in [2.75, 3.05) is 13.2 Å². The summed E-state index contributed by atoms with van der Waals surface area (Å²) in [7, 11) is 0. The Hall–Kier alpha value is -1.63. The summed E-state index contributed by atoms with van der Waals surface area (Å²) in [6, 6.07) is 0. The molecule has 92 valence electrons. The first-order chi connectivity index (χ1) is 7.47. The quantitative estimate of drug-likeness (QED) is 0.452. The van der Waals surface area contributed by atoms with Gasteiger partial charge in [-0.25, -0.2) is 0 Å². The maximum Gasteiger partial charge on any atom is 0.306 e. The molecule has 0 spiro atoms. The second kappa shape index (κ2) is 7.63. The van der Waals surface area contributed by atoms with E-state index in [2.05, 4.69) is 10.1 Å². The average molecular weight is 232 g/mol. The van der Waals surface area contributed by atoms with Crippen LogP contribution in [0.25, 0.3) is 0 Å². The van der Waals surface area contributed by atoms with Gasteiger partial charge in [0.25, 0.3) is 0 Å². The van der Waals surface area contributed by atoms with Crippen LogP contribution in [0, 0.1) is 0 Å². The minimum Gasteiger partial charge on any atom is -0.466 e. The summed E-state index contributed by atoms with van der Waals surface area (Å²) >= 11 is 0. The predicted octanol–water partition coefficient (Wildman–Crippen LogP) is -1.71. The van der Waals surface area contributed by atoms with E-state index in [1.54, 1.807) is 6.92 Å². The molecule has 0 fully saturated rings. The number of amides is 2. The van der Waals surface area contributed by atoms with Crippen molar-refractivity contribution in [3.05, 3.63) is 0 Å². The lowest BCUT2D eigenvalue weighted by Crippen LogP contribution is -2.40. The summed E-state index contributed by atoms with van der Waals surface area (Å²) in [5.74, 6) is -1.83. The first kappa shape index (κ1) is 14.4. The Kier molecular flexibility index (Phi) is 6.86. The summed E-state index contributed by atoms with van der Waals surface area (Å²) in [6.07, 6.45) is -1.50. The fourth-order valence-corrected chi connectivity index (χ4v) is 0.848. The van der Waals surface area contributed by atoms with Gasteiger partial charge in [-0.1, -0.05) is 0 Å². The molecule has 0 aromatic heterocycles. The maximum atomic E-state index is 11.1. The molecule has 0 aliphatic heterocycles. The molecular formula is C9H16N2O5. The molecule has 0 rings (SSSR count). The van der Waals surface area contributed by atoms with E-state index in [1.165, 1.54) is 0 Å². The van der Waals surface area contributed by atoms with Gasteiger partial charge >= 0.3 is 5.97 Å². The lowest BCUT2D eigenvalue weighted by atomic mass is 10.3. The minimum absolute atomic E-state index is 0.0354. The summed E-state index contributed by atoms with van der Waals surface area (Å²) in [5, 5.41) is 11.2. The Morgan fingerprint density at radius 2 is 2.00 bits per heavy atom. The van der Waals surface area contributed by atoms with Crippen molar-refractivity contribution in [3.63, 3.8) is 0 Å². The molecule has 0 radical (unpaired) electrons. The molecule has 0 aliphatic carbocycles. The topological polar surface area (TPSA) is 119 Å². The minimum atomic E-state index is -1.41.